The maximum absolute atomic E-state index is 12.5. The lowest BCUT2D eigenvalue weighted by Gasteiger charge is -2.27. The van der Waals surface area contributed by atoms with E-state index in [1.54, 1.807) is 36.5 Å². The minimum absolute atomic E-state index is 0.0377. The first-order chi connectivity index (χ1) is 10.0. The number of hydrogen-bond acceptors (Lipinski definition) is 4. The van der Waals surface area contributed by atoms with E-state index in [4.69, 9.17) is 0 Å². The average Bonchev–Trinajstić information content (AvgIpc) is 2.51. The highest BCUT2D eigenvalue weighted by molar-refractivity contribution is 7.89. The highest BCUT2D eigenvalue weighted by Gasteiger charge is 2.36. The standard InChI is InChI=1S/C15H12N2O3S/c1-17-13(10-11-6-4-5-9-16-11)15(18)12-7-2-3-8-14(12)21(17,19)20/h2-10H,1H3/b13-10-. The molecule has 5 nitrogen and oxygen atoms in total. The largest absolute Gasteiger partial charge is 0.287 e. The first-order valence-corrected chi connectivity index (χ1v) is 7.71. The summed E-state index contributed by atoms with van der Waals surface area (Å²) >= 11 is 0. The molecule has 2 aromatic rings. The van der Waals surface area contributed by atoms with Crippen molar-refractivity contribution in [3.05, 3.63) is 65.6 Å². The van der Waals surface area contributed by atoms with Crippen molar-refractivity contribution in [1.82, 2.24) is 9.29 Å². The van der Waals surface area contributed by atoms with Gasteiger partial charge in [-0.3, -0.25) is 14.1 Å². The molecule has 1 aromatic heterocycles. The number of likely N-dealkylation sites (N-methyl/N-ethyl adjacent to an activating group) is 1. The van der Waals surface area contributed by atoms with Crippen LogP contribution >= 0.6 is 0 Å². The van der Waals surface area contributed by atoms with Crippen LogP contribution in [0.3, 0.4) is 0 Å². The van der Waals surface area contributed by atoms with Crippen molar-refractivity contribution < 1.29 is 13.2 Å². The SMILES string of the molecule is CN1/C(=C\c2ccccn2)C(=O)c2ccccc2S1(=O)=O. The first-order valence-electron chi connectivity index (χ1n) is 6.27. The molecular formula is C15H12N2O3S. The van der Waals surface area contributed by atoms with Crippen LogP contribution in [0.15, 0.2) is 59.3 Å². The van der Waals surface area contributed by atoms with E-state index in [9.17, 15) is 13.2 Å². The van der Waals surface area contributed by atoms with E-state index in [1.165, 1.54) is 25.3 Å². The lowest BCUT2D eigenvalue weighted by atomic mass is 10.1. The fourth-order valence-corrected chi connectivity index (χ4v) is 3.57. The van der Waals surface area contributed by atoms with Crippen LogP contribution in [0.2, 0.25) is 0 Å². The van der Waals surface area contributed by atoms with Crippen molar-refractivity contribution in [3.63, 3.8) is 0 Å². The fourth-order valence-electron chi connectivity index (χ4n) is 2.20. The van der Waals surface area contributed by atoms with Crippen LogP contribution in [0.4, 0.5) is 0 Å². The first kappa shape index (κ1) is 13.5. The summed E-state index contributed by atoms with van der Waals surface area (Å²) in [6, 6.07) is 11.4. The Labute approximate surface area is 122 Å². The molecule has 0 N–H and O–H groups in total. The van der Waals surface area contributed by atoms with Crippen LogP contribution in [0.25, 0.3) is 6.08 Å². The number of allylic oxidation sites excluding steroid dienone is 1. The van der Waals surface area contributed by atoms with Crippen LogP contribution in [-0.4, -0.2) is 30.5 Å². The molecule has 0 radical (unpaired) electrons. The molecule has 3 rings (SSSR count). The zero-order valence-corrected chi connectivity index (χ0v) is 12.0. The van der Waals surface area contributed by atoms with Crippen molar-refractivity contribution in [3.8, 4) is 0 Å². The molecule has 0 aliphatic carbocycles. The van der Waals surface area contributed by atoms with Gasteiger partial charge in [0.15, 0.2) is 0 Å². The van der Waals surface area contributed by atoms with Crippen LogP contribution < -0.4 is 0 Å². The van der Waals surface area contributed by atoms with Gasteiger partial charge in [-0.1, -0.05) is 18.2 Å². The van der Waals surface area contributed by atoms with Gasteiger partial charge < -0.3 is 0 Å². The van der Waals surface area contributed by atoms with E-state index in [-0.39, 0.29) is 21.9 Å². The molecular weight excluding hydrogens is 288 g/mol. The molecule has 21 heavy (non-hydrogen) atoms. The van der Waals surface area contributed by atoms with Crippen molar-refractivity contribution in [1.29, 1.82) is 0 Å². The Morgan fingerprint density at radius 1 is 1.10 bits per heavy atom. The van der Waals surface area contributed by atoms with Gasteiger partial charge in [-0.15, -0.1) is 0 Å². The van der Waals surface area contributed by atoms with Gasteiger partial charge in [0.25, 0.3) is 10.0 Å². The van der Waals surface area contributed by atoms with E-state index in [0.717, 1.165) is 4.31 Å². The number of ketones is 1. The number of rotatable bonds is 1. The van der Waals surface area contributed by atoms with Crippen molar-refractivity contribution in [2.75, 3.05) is 7.05 Å². The highest BCUT2D eigenvalue weighted by Crippen LogP contribution is 2.31. The number of hydrogen-bond donors (Lipinski definition) is 0. The minimum atomic E-state index is -3.71. The molecule has 0 fully saturated rings. The quantitative estimate of drug-likeness (QED) is 0.755. The zero-order chi connectivity index (χ0) is 15.0. The van der Waals surface area contributed by atoms with E-state index < -0.39 is 10.0 Å². The number of carbonyl (C=O) groups excluding carboxylic acids is 1. The summed E-state index contributed by atoms with van der Waals surface area (Å²) in [7, 11) is -2.33. The number of benzene rings is 1. The number of carbonyl (C=O) groups is 1. The lowest BCUT2D eigenvalue weighted by Crippen LogP contribution is -2.36. The number of Topliss-reactive ketones (excluding diaryl/α,β-unsaturated/α-hetero) is 1. The van der Waals surface area contributed by atoms with Crippen LogP contribution in [0.1, 0.15) is 16.1 Å². The molecule has 1 aromatic carbocycles. The lowest BCUT2D eigenvalue weighted by molar-refractivity contribution is 0.101. The molecule has 1 aliphatic rings. The molecule has 106 valence electrons. The smallest absolute Gasteiger partial charge is 0.264 e. The second-order valence-corrected chi connectivity index (χ2v) is 6.52. The number of fused-ring (bicyclic) bond motifs is 1. The van der Waals surface area contributed by atoms with Gasteiger partial charge >= 0.3 is 0 Å². The Morgan fingerprint density at radius 3 is 2.52 bits per heavy atom. The zero-order valence-electron chi connectivity index (χ0n) is 11.2. The maximum Gasteiger partial charge on any atom is 0.264 e. The van der Waals surface area contributed by atoms with E-state index in [0.29, 0.717) is 5.69 Å². The molecule has 0 saturated carbocycles. The Morgan fingerprint density at radius 2 is 1.81 bits per heavy atom. The molecule has 2 heterocycles. The maximum atomic E-state index is 12.5. The number of pyridine rings is 1. The third-order valence-electron chi connectivity index (χ3n) is 3.31. The fraction of sp³-hybridized carbons (Fsp3) is 0.0667. The topological polar surface area (TPSA) is 67.3 Å². The molecule has 0 unspecified atom stereocenters. The second kappa shape index (κ2) is 4.82. The highest BCUT2D eigenvalue weighted by atomic mass is 32.2. The molecule has 0 amide bonds. The normalized spacial score (nSPS) is 18.6. The van der Waals surface area contributed by atoms with E-state index >= 15 is 0 Å². The van der Waals surface area contributed by atoms with Gasteiger partial charge in [0, 0.05) is 18.8 Å². The minimum Gasteiger partial charge on any atom is -0.287 e. The summed E-state index contributed by atoms with van der Waals surface area (Å²) in [5.41, 5.74) is 0.812. The monoisotopic (exact) mass is 300 g/mol. The molecule has 0 bridgehead atoms. The van der Waals surface area contributed by atoms with Crippen molar-refractivity contribution in [2.45, 2.75) is 4.90 Å². The summed E-state index contributed by atoms with van der Waals surface area (Å²) in [4.78, 5) is 16.7. The number of sulfonamides is 1. The Kier molecular flexibility index (Phi) is 3.10. The average molecular weight is 300 g/mol. The number of aromatic nitrogens is 1. The molecule has 0 saturated heterocycles. The second-order valence-electron chi connectivity index (χ2n) is 4.58. The van der Waals surface area contributed by atoms with Crippen LogP contribution in [0, 0.1) is 0 Å². The van der Waals surface area contributed by atoms with E-state index in [1.807, 2.05) is 0 Å². The molecule has 1 aliphatic heterocycles. The van der Waals surface area contributed by atoms with Crippen molar-refractivity contribution in [2.24, 2.45) is 0 Å². The summed E-state index contributed by atoms with van der Waals surface area (Å²) < 4.78 is 25.9. The summed E-state index contributed by atoms with van der Waals surface area (Å²) in [5.74, 6) is -0.325. The Bertz CT molecular complexity index is 842. The predicted octanol–water partition coefficient (Wildman–Crippen LogP) is 1.94. The Hall–Kier alpha value is -2.47. The van der Waals surface area contributed by atoms with Gasteiger partial charge in [0.05, 0.1) is 10.6 Å². The Balaban J connectivity index is 2.22. The van der Waals surface area contributed by atoms with Gasteiger partial charge in [-0.25, -0.2) is 8.42 Å². The molecule has 6 heteroatoms. The summed E-state index contributed by atoms with van der Waals surface area (Å²) in [6.07, 6.45) is 3.07. The molecule has 0 atom stereocenters. The van der Waals surface area contributed by atoms with Crippen LogP contribution in [0.5, 0.6) is 0 Å². The van der Waals surface area contributed by atoms with Gasteiger partial charge in [-0.2, -0.15) is 0 Å². The van der Waals surface area contributed by atoms with Gasteiger partial charge in [0.1, 0.15) is 5.70 Å². The summed E-state index contributed by atoms with van der Waals surface area (Å²) in [5, 5.41) is 0. The summed E-state index contributed by atoms with van der Waals surface area (Å²) in [6.45, 7) is 0. The van der Waals surface area contributed by atoms with Gasteiger partial charge in [-0.05, 0) is 30.3 Å². The van der Waals surface area contributed by atoms with Crippen molar-refractivity contribution >= 4 is 21.9 Å². The predicted molar refractivity (Wildman–Crippen MR) is 77.9 cm³/mol. The van der Waals surface area contributed by atoms with Gasteiger partial charge in [0.2, 0.25) is 5.78 Å². The van der Waals surface area contributed by atoms with Crippen LogP contribution in [-0.2, 0) is 10.0 Å². The third-order valence-corrected chi connectivity index (χ3v) is 5.14. The molecule has 0 spiro atoms. The number of nitrogens with zero attached hydrogens (tertiary/aromatic N) is 2. The van der Waals surface area contributed by atoms with E-state index in [2.05, 4.69) is 4.98 Å². The third kappa shape index (κ3) is 2.13.